The zero-order valence-electron chi connectivity index (χ0n) is 12.0. The van der Waals surface area contributed by atoms with E-state index in [4.69, 9.17) is 0 Å². The van der Waals surface area contributed by atoms with E-state index < -0.39 is 0 Å². The maximum atomic E-state index is 12.2. The largest absolute Gasteiger partial charge is 0.373 e. The molecular weight excluding hydrogens is 272 g/mol. The molecular formula is C14H18N4OS. The van der Waals surface area contributed by atoms with Gasteiger partial charge < -0.3 is 10.6 Å². The maximum absolute atomic E-state index is 12.2. The van der Waals surface area contributed by atoms with E-state index in [1.165, 1.54) is 0 Å². The van der Waals surface area contributed by atoms with Crippen molar-refractivity contribution in [2.75, 3.05) is 12.4 Å². The van der Waals surface area contributed by atoms with Crippen molar-refractivity contribution in [3.8, 4) is 0 Å². The Bertz CT molecular complexity index is 623. The molecule has 0 aromatic carbocycles. The number of anilines is 1. The third-order valence-electron chi connectivity index (χ3n) is 2.92. The molecule has 1 atom stereocenters. The molecule has 2 rings (SSSR count). The van der Waals surface area contributed by atoms with Crippen molar-refractivity contribution in [1.29, 1.82) is 0 Å². The highest BCUT2D eigenvalue weighted by Gasteiger charge is 2.17. The zero-order chi connectivity index (χ0) is 14.7. The van der Waals surface area contributed by atoms with Gasteiger partial charge in [0.25, 0.3) is 5.91 Å². The number of nitrogens with one attached hydrogen (secondary N) is 2. The van der Waals surface area contributed by atoms with Gasteiger partial charge in [-0.3, -0.25) is 4.79 Å². The molecule has 5 nitrogen and oxygen atoms in total. The zero-order valence-corrected chi connectivity index (χ0v) is 12.8. The fraction of sp³-hybridized carbons (Fsp3) is 0.357. The molecule has 0 bridgehead atoms. The van der Waals surface area contributed by atoms with Gasteiger partial charge in [0.05, 0.1) is 16.7 Å². The molecule has 0 aliphatic heterocycles. The van der Waals surface area contributed by atoms with Crippen LogP contribution in [0.1, 0.15) is 39.0 Å². The molecule has 2 heterocycles. The summed E-state index contributed by atoms with van der Waals surface area (Å²) in [7, 11) is 1.77. The predicted molar refractivity (Wildman–Crippen MR) is 81.3 cm³/mol. The molecule has 106 valence electrons. The second kappa shape index (κ2) is 6.00. The Labute approximate surface area is 122 Å². The van der Waals surface area contributed by atoms with Crippen LogP contribution >= 0.6 is 11.3 Å². The van der Waals surface area contributed by atoms with E-state index in [-0.39, 0.29) is 11.9 Å². The first-order valence-corrected chi connectivity index (χ1v) is 7.22. The lowest BCUT2D eigenvalue weighted by atomic mass is 10.2. The highest BCUT2D eigenvalue weighted by Crippen LogP contribution is 2.24. The van der Waals surface area contributed by atoms with Crippen LogP contribution in [0, 0.1) is 13.8 Å². The monoisotopic (exact) mass is 290 g/mol. The van der Waals surface area contributed by atoms with Gasteiger partial charge in [0, 0.05) is 11.9 Å². The molecule has 2 N–H and O–H groups in total. The van der Waals surface area contributed by atoms with Crippen LogP contribution in [0.5, 0.6) is 0 Å². The molecule has 0 fully saturated rings. The van der Waals surface area contributed by atoms with Gasteiger partial charge in [0.1, 0.15) is 11.5 Å². The van der Waals surface area contributed by atoms with E-state index in [1.807, 2.05) is 26.8 Å². The number of aryl methyl sites for hydroxylation is 2. The van der Waals surface area contributed by atoms with Gasteiger partial charge in [0.15, 0.2) is 0 Å². The van der Waals surface area contributed by atoms with Crippen molar-refractivity contribution in [3.05, 3.63) is 39.5 Å². The summed E-state index contributed by atoms with van der Waals surface area (Å²) in [4.78, 5) is 21.9. The van der Waals surface area contributed by atoms with Crippen LogP contribution < -0.4 is 10.6 Å². The minimum absolute atomic E-state index is 0.0752. The predicted octanol–water partition coefficient (Wildman–Crippen LogP) is 2.69. The Kier molecular flexibility index (Phi) is 4.34. The van der Waals surface area contributed by atoms with Crippen LogP contribution in [0.15, 0.2) is 18.2 Å². The van der Waals surface area contributed by atoms with E-state index >= 15 is 0 Å². The Morgan fingerprint density at radius 2 is 2.05 bits per heavy atom. The summed E-state index contributed by atoms with van der Waals surface area (Å²) in [5, 5.41) is 6.89. The van der Waals surface area contributed by atoms with Crippen LogP contribution in [-0.2, 0) is 0 Å². The maximum Gasteiger partial charge on any atom is 0.270 e. The SMILES string of the molecule is CNc1cccc(C(=O)NC(C)c2sc(C)nc2C)n1. The summed E-state index contributed by atoms with van der Waals surface area (Å²) in [6.07, 6.45) is 0. The van der Waals surface area contributed by atoms with E-state index in [0.29, 0.717) is 11.5 Å². The number of hydrogen-bond acceptors (Lipinski definition) is 5. The van der Waals surface area contributed by atoms with Crippen molar-refractivity contribution >= 4 is 23.1 Å². The fourth-order valence-corrected chi connectivity index (χ4v) is 2.92. The van der Waals surface area contributed by atoms with Gasteiger partial charge >= 0.3 is 0 Å². The average molecular weight is 290 g/mol. The molecule has 1 unspecified atom stereocenters. The molecule has 0 radical (unpaired) electrons. The smallest absolute Gasteiger partial charge is 0.270 e. The minimum atomic E-state index is -0.181. The summed E-state index contributed by atoms with van der Waals surface area (Å²) in [5.74, 6) is 0.496. The summed E-state index contributed by atoms with van der Waals surface area (Å²) in [6, 6.07) is 5.25. The first-order chi connectivity index (χ1) is 9.51. The summed E-state index contributed by atoms with van der Waals surface area (Å²) < 4.78 is 0. The first-order valence-electron chi connectivity index (χ1n) is 6.41. The van der Waals surface area contributed by atoms with Crippen LogP contribution in [0.25, 0.3) is 0 Å². The van der Waals surface area contributed by atoms with E-state index in [0.717, 1.165) is 15.6 Å². The third-order valence-corrected chi connectivity index (χ3v) is 4.17. The minimum Gasteiger partial charge on any atom is -0.373 e. The number of rotatable bonds is 4. The Morgan fingerprint density at radius 1 is 1.30 bits per heavy atom. The normalized spacial score (nSPS) is 12.0. The molecule has 0 aliphatic carbocycles. The van der Waals surface area contributed by atoms with Crippen molar-refractivity contribution < 1.29 is 4.79 Å². The van der Waals surface area contributed by atoms with Crippen molar-refractivity contribution in [1.82, 2.24) is 15.3 Å². The number of nitrogens with zero attached hydrogens (tertiary/aromatic N) is 2. The second-order valence-corrected chi connectivity index (χ2v) is 5.77. The van der Waals surface area contributed by atoms with Crippen LogP contribution in [0.3, 0.4) is 0 Å². The van der Waals surface area contributed by atoms with Crippen LogP contribution in [0.4, 0.5) is 5.82 Å². The lowest BCUT2D eigenvalue weighted by Crippen LogP contribution is -2.27. The van der Waals surface area contributed by atoms with Gasteiger partial charge in [-0.05, 0) is 32.9 Å². The lowest BCUT2D eigenvalue weighted by molar-refractivity contribution is 0.0935. The number of aromatic nitrogens is 2. The van der Waals surface area contributed by atoms with E-state index in [9.17, 15) is 4.79 Å². The first kappa shape index (κ1) is 14.5. The molecule has 0 aliphatic rings. The number of carbonyl (C=O) groups excluding carboxylic acids is 1. The molecule has 0 spiro atoms. The molecule has 2 aromatic rings. The van der Waals surface area contributed by atoms with E-state index in [2.05, 4.69) is 20.6 Å². The van der Waals surface area contributed by atoms with Gasteiger partial charge in [-0.25, -0.2) is 9.97 Å². The highest BCUT2D eigenvalue weighted by atomic mass is 32.1. The highest BCUT2D eigenvalue weighted by molar-refractivity contribution is 7.11. The fourth-order valence-electron chi connectivity index (χ4n) is 1.99. The third kappa shape index (κ3) is 3.14. The van der Waals surface area contributed by atoms with Crippen molar-refractivity contribution in [2.24, 2.45) is 0 Å². The van der Waals surface area contributed by atoms with Crippen LogP contribution in [0.2, 0.25) is 0 Å². The molecule has 20 heavy (non-hydrogen) atoms. The van der Waals surface area contributed by atoms with Crippen molar-refractivity contribution in [3.63, 3.8) is 0 Å². The number of amides is 1. The standard InChI is InChI=1S/C14H18N4OS/c1-8-13(20-10(3)16-8)9(2)17-14(19)11-6-5-7-12(15-4)18-11/h5-7,9H,1-4H3,(H,15,18)(H,17,19). The molecule has 2 aromatic heterocycles. The molecule has 0 saturated carbocycles. The van der Waals surface area contributed by atoms with Gasteiger partial charge in [-0.1, -0.05) is 6.07 Å². The topological polar surface area (TPSA) is 66.9 Å². The van der Waals surface area contributed by atoms with Crippen LogP contribution in [-0.4, -0.2) is 22.9 Å². The average Bonchev–Trinajstić information content (AvgIpc) is 2.77. The Morgan fingerprint density at radius 3 is 2.65 bits per heavy atom. The summed E-state index contributed by atoms with van der Waals surface area (Å²) in [6.45, 7) is 5.88. The van der Waals surface area contributed by atoms with Gasteiger partial charge in [-0.2, -0.15) is 0 Å². The Hall–Kier alpha value is -1.95. The quantitative estimate of drug-likeness (QED) is 0.908. The molecule has 6 heteroatoms. The number of pyridine rings is 1. The van der Waals surface area contributed by atoms with Gasteiger partial charge in [-0.15, -0.1) is 11.3 Å². The van der Waals surface area contributed by atoms with Crippen molar-refractivity contribution in [2.45, 2.75) is 26.8 Å². The van der Waals surface area contributed by atoms with Gasteiger partial charge in [0.2, 0.25) is 0 Å². The summed E-state index contributed by atoms with van der Waals surface area (Å²) in [5.41, 5.74) is 1.37. The molecule has 1 amide bonds. The van der Waals surface area contributed by atoms with E-state index in [1.54, 1.807) is 30.5 Å². The second-order valence-electron chi connectivity index (χ2n) is 4.54. The Balaban J connectivity index is 2.12. The number of carbonyl (C=O) groups is 1. The summed E-state index contributed by atoms with van der Waals surface area (Å²) >= 11 is 1.61. The molecule has 0 saturated heterocycles. The lowest BCUT2D eigenvalue weighted by Gasteiger charge is -2.13. The number of hydrogen-bond donors (Lipinski definition) is 2. The number of thiazole rings is 1.